The molecular weight excluding hydrogens is 136 g/mol. The number of esters is 2. The highest BCUT2D eigenvalue weighted by Gasteiger charge is 2.14. The van der Waals surface area contributed by atoms with Crippen molar-refractivity contribution in [3.63, 3.8) is 0 Å². The fraction of sp³-hybridized carbons (Fsp3) is 0.667. The predicted molar refractivity (Wildman–Crippen MR) is 33.2 cm³/mol. The van der Waals surface area contributed by atoms with Crippen molar-refractivity contribution in [2.24, 2.45) is 0 Å². The SMILES string of the molecule is CO[C@@H](C)C(=O)OC(C)=O. The molecule has 0 N–H and O–H groups in total. The maximum atomic E-state index is 10.6. The van der Waals surface area contributed by atoms with Crippen LogP contribution < -0.4 is 0 Å². The van der Waals surface area contributed by atoms with Crippen molar-refractivity contribution in [2.75, 3.05) is 7.11 Å². The summed E-state index contributed by atoms with van der Waals surface area (Å²) in [6.07, 6.45) is -0.677. The lowest BCUT2D eigenvalue weighted by Gasteiger charge is -2.05. The molecule has 0 spiro atoms. The summed E-state index contributed by atoms with van der Waals surface area (Å²) >= 11 is 0. The minimum absolute atomic E-state index is 0.617. The summed E-state index contributed by atoms with van der Waals surface area (Å²) in [5, 5.41) is 0. The Bertz CT molecular complexity index is 141. The van der Waals surface area contributed by atoms with Crippen molar-refractivity contribution in [1.82, 2.24) is 0 Å². The monoisotopic (exact) mass is 146 g/mol. The number of hydrogen-bond donors (Lipinski definition) is 0. The third-order valence-electron chi connectivity index (χ3n) is 0.930. The first-order valence-corrected chi connectivity index (χ1v) is 2.83. The summed E-state index contributed by atoms with van der Waals surface area (Å²) in [6.45, 7) is 2.67. The molecule has 0 aliphatic rings. The van der Waals surface area contributed by atoms with Gasteiger partial charge in [0.25, 0.3) is 0 Å². The van der Waals surface area contributed by atoms with Crippen LogP contribution in [0.4, 0.5) is 0 Å². The summed E-state index contributed by atoms with van der Waals surface area (Å²) in [6, 6.07) is 0. The van der Waals surface area contributed by atoms with Gasteiger partial charge in [0.15, 0.2) is 6.10 Å². The second-order valence-corrected chi connectivity index (χ2v) is 1.79. The normalized spacial score (nSPS) is 12.3. The van der Waals surface area contributed by atoms with Crippen LogP contribution in [0.5, 0.6) is 0 Å². The number of ether oxygens (including phenoxy) is 2. The Kier molecular flexibility index (Phi) is 3.64. The number of hydrogen-bond acceptors (Lipinski definition) is 4. The van der Waals surface area contributed by atoms with Gasteiger partial charge in [0.1, 0.15) is 0 Å². The van der Waals surface area contributed by atoms with Crippen LogP contribution >= 0.6 is 0 Å². The molecule has 0 fully saturated rings. The molecule has 0 aliphatic heterocycles. The lowest BCUT2D eigenvalue weighted by Crippen LogP contribution is -2.23. The molecule has 1 atom stereocenters. The molecule has 0 aromatic rings. The van der Waals surface area contributed by atoms with Crippen LogP contribution in [0.3, 0.4) is 0 Å². The Morgan fingerprint density at radius 3 is 2.20 bits per heavy atom. The zero-order chi connectivity index (χ0) is 8.15. The standard InChI is InChI=1S/C6H10O4/c1-4(9-3)6(8)10-5(2)7/h4H,1-3H3/t4-/m0/s1. The molecule has 0 aromatic heterocycles. The van der Waals surface area contributed by atoms with E-state index in [1.165, 1.54) is 21.0 Å². The number of methoxy groups -OCH3 is 1. The van der Waals surface area contributed by atoms with E-state index in [-0.39, 0.29) is 0 Å². The van der Waals surface area contributed by atoms with E-state index in [4.69, 9.17) is 0 Å². The molecule has 0 amide bonds. The number of rotatable bonds is 2. The van der Waals surface area contributed by atoms with Crippen LogP contribution in [-0.4, -0.2) is 25.2 Å². The molecule has 0 unspecified atom stereocenters. The highest BCUT2D eigenvalue weighted by atomic mass is 16.6. The first kappa shape index (κ1) is 9.10. The Morgan fingerprint density at radius 1 is 1.40 bits per heavy atom. The molecular formula is C6H10O4. The zero-order valence-electron chi connectivity index (χ0n) is 6.21. The maximum Gasteiger partial charge on any atom is 0.342 e. The van der Waals surface area contributed by atoms with Crippen molar-refractivity contribution in [3.05, 3.63) is 0 Å². The van der Waals surface area contributed by atoms with Gasteiger partial charge in [-0.1, -0.05) is 0 Å². The average molecular weight is 146 g/mol. The smallest absolute Gasteiger partial charge is 0.342 e. The molecule has 4 nitrogen and oxygen atoms in total. The third kappa shape index (κ3) is 3.19. The van der Waals surface area contributed by atoms with Gasteiger partial charge in [0.2, 0.25) is 0 Å². The molecule has 10 heavy (non-hydrogen) atoms. The molecule has 58 valence electrons. The van der Waals surface area contributed by atoms with Crippen molar-refractivity contribution < 1.29 is 19.1 Å². The predicted octanol–water partition coefficient (Wildman–Crippen LogP) is 0.111. The molecule has 0 saturated carbocycles. The molecule has 0 radical (unpaired) electrons. The Hall–Kier alpha value is -0.900. The van der Waals surface area contributed by atoms with Crippen LogP contribution in [-0.2, 0) is 19.1 Å². The minimum Gasteiger partial charge on any atom is -0.391 e. The Labute approximate surface area is 59.1 Å². The largest absolute Gasteiger partial charge is 0.391 e. The maximum absolute atomic E-state index is 10.6. The number of carbonyl (C=O) groups excluding carboxylic acids is 2. The first-order chi connectivity index (χ1) is 4.57. The molecule has 0 rings (SSSR count). The zero-order valence-corrected chi connectivity index (χ0v) is 6.21. The van der Waals surface area contributed by atoms with Gasteiger partial charge in [-0.15, -0.1) is 0 Å². The Morgan fingerprint density at radius 2 is 1.90 bits per heavy atom. The third-order valence-corrected chi connectivity index (χ3v) is 0.930. The van der Waals surface area contributed by atoms with E-state index in [1.807, 2.05) is 0 Å². The van der Waals surface area contributed by atoms with Crippen LogP contribution in [0, 0.1) is 0 Å². The van der Waals surface area contributed by atoms with Gasteiger partial charge in [-0.05, 0) is 6.92 Å². The lowest BCUT2D eigenvalue weighted by atomic mass is 10.4. The topological polar surface area (TPSA) is 52.6 Å². The van der Waals surface area contributed by atoms with Crippen molar-refractivity contribution in [2.45, 2.75) is 20.0 Å². The van der Waals surface area contributed by atoms with E-state index < -0.39 is 18.0 Å². The second kappa shape index (κ2) is 4.00. The van der Waals surface area contributed by atoms with Gasteiger partial charge in [0, 0.05) is 14.0 Å². The first-order valence-electron chi connectivity index (χ1n) is 2.83. The number of carbonyl (C=O) groups is 2. The van der Waals surface area contributed by atoms with Gasteiger partial charge in [0.05, 0.1) is 0 Å². The summed E-state index contributed by atoms with van der Waals surface area (Å²) in [4.78, 5) is 20.8. The second-order valence-electron chi connectivity index (χ2n) is 1.79. The van der Waals surface area contributed by atoms with Crippen LogP contribution in [0.25, 0.3) is 0 Å². The van der Waals surface area contributed by atoms with E-state index in [0.29, 0.717) is 0 Å². The van der Waals surface area contributed by atoms with Gasteiger partial charge in [-0.2, -0.15) is 0 Å². The van der Waals surface area contributed by atoms with E-state index in [2.05, 4.69) is 9.47 Å². The highest BCUT2D eigenvalue weighted by Crippen LogP contribution is 1.91. The van der Waals surface area contributed by atoms with E-state index >= 15 is 0 Å². The summed E-state index contributed by atoms with van der Waals surface area (Å²) < 4.78 is 8.79. The quantitative estimate of drug-likeness (QED) is 0.410. The van der Waals surface area contributed by atoms with Gasteiger partial charge in [-0.25, -0.2) is 4.79 Å². The summed E-state index contributed by atoms with van der Waals surface area (Å²) in [5.74, 6) is -1.27. The van der Waals surface area contributed by atoms with E-state index in [9.17, 15) is 9.59 Å². The molecule has 0 aromatic carbocycles. The lowest BCUT2D eigenvalue weighted by molar-refractivity contribution is -0.164. The van der Waals surface area contributed by atoms with Crippen LogP contribution in [0.15, 0.2) is 0 Å². The fourth-order valence-electron chi connectivity index (χ4n) is 0.321. The van der Waals surface area contributed by atoms with Crippen molar-refractivity contribution in [3.8, 4) is 0 Å². The fourth-order valence-corrected chi connectivity index (χ4v) is 0.321. The van der Waals surface area contributed by atoms with E-state index in [1.54, 1.807) is 0 Å². The Balaban J connectivity index is 3.73. The molecule has 0 bridgehead atoms. The average Bonchev–Trinajstić information content (AvgIpc) is 1.85. The van der Waals surface area contributed by atoms with E-state index in [0.717, 1.165) is 0 Å². The summed E-state index contributed by atoms with van der Waals surface area (Å²) in [7, 11) is 1.37. The minimum atomic E-state index is -0.677. The molecule has 0 saturated heterocycles. The van der Waals surface area contributed by atoms with Gasteiger partial charge >= 0.3 is 11.9 Å². The molecule has 4 heteroatoms. The highest BCUT2D eigenvalue weighted by molar-refractivity contribution is 5.86. The van der Waals surface area contributed by atoms with Crippen molar-refractivity contribution >= 4 is 11.9 Å². The van der Waals surface area contributed by atoms with Crippen LogP contribution in [0.2, 0.25) is 0 Å². The van der Waals surface area contributed by atoms with Crippen molar-refractivity contribution in [1.29, 1.82) is 0 Å². The summed E-state index contributed by atoms with van der Waals surface area (Å²) in [5.41, 5.74) is 0. The molecule has 0 heterocycles. The van der Waals surface area contributed by atoms with Gasteiger partial charge < -0.3 is 9.47 Å². The van der Waals surface area contributed by atoms with Gasteiger partial charge in [-0.3, -0.25) is 4.79 Å². The molecule has 0 aliphatic carbocycles. The van der Waals surface area contributed by atoms with Crippen LogP contribution in [0.1, 0.15) is 13.8 Å².